The maximum Gasteiger partial charge on any atom is 0.192 e. The van der Waals surface area contributed by atoms with Crippen molar-refractivity contribution in [2.75, 3.05) is 6.54 Å². The minimum absolute atomic E-state index is 0.295. The normalized spacial score (nSPS) is 35.0. The van der Waals surface area contributed by atoms with Gasteiger partial charge in [-0.05, 0) is 44.4 Å². The Balaban J connectivity index is 1.70. The summed E-state index contributed by atoms with van der Waals surface area (Å²) in [5.41, 5.74) is 6.63. The smallest absolute Gasteiger partial charge is 0.192 e. The third kappa shape index (κ3) is 3.07. The summed E-state index contributed by atoms with van der Waals surface area (Å²) in [6.45, 7) is 3.28. The lowest BCUT2D eigenvalue weighted by atomic mass is 9.74. The number of nitrogens with two attached hydrogens (primary N) is 1. The molecule has 2 N–H and O–H groups in total. The van der Waals surface area contributed by atoms with Crippen LogP contribution in [0.4, 0.5) is 0 Å². The molecule has 2 fully saturated rings. The molecule has 1 aliphatic heterocycles. The SMILES string of the molecule is CCCC1CCC2(CC1)CN=C(N)N2C1CCCCCC1. The van der Waals surface area contributed by atoms with Gasteiger partial charge >= 0.3 is 0 Å². The number of hydrogen-bond acceptors (Lipinski definition) is 3. The van der Waals surface area contributed by atoms with Crippen LogP contribution in [0.25, 0.3) is 0 Å². The molecule has 0 aromatic carbocycles. The monoisotopic (exact) mass is 291 g/mol. The molecule has 1 spiro atoms. The van der Waals surface area contributed by atoms with E-state index in [1.165, 1.54) is 77.0 Å². The fourth-order valence-corrected chi connectivity index (χ4v) is 5.02. The molecule has 0 aromatic heterocycles. The lowest BCUT2D eigenvalue weighted by Crippen LogP contribution is -2.57. The molecule has 3 nitrogen and oxygen atoms in total. The Kier molecular flexibility index (Phi) is 4.75. The Labute approximate surface area is 130 Å². The molecule has 3 aliphatic rings. The number of hydrogen-bond donors (Lipinski definition) is 1. The summed E-state index contributed by atoms with van der Waals surface area (Å²) in [6, 6.07) is 0.668. The van der Waals surface area contributed by atoms with Gasteiger partial charge in [0.2, 0.25) is 0 Å². The van der Waals surface area contributed by atoms with Gasteiger partial charge in [0, 0.05) is 6.04 Å². The van der Waals surface area contributed by atoms with Gasteiger partial charge in [-0.2, -0.15) is 0 Å². The van der Waals surface area contributed by atoms with Gasteiger partial charge in [-0.3, -0.25) is 4.99 Å². The second-order valence-corrected chi connectivity index (χ2v) is 7.65. The van der Waals surface area contributed by atoms with Gasteiger partial charge in [-0.15, -0.1) is 0 Å². The Morgan fingerprint density at radius 2 is 1.76 bits per heavy atom. The average Bonchev–Trinajstić information content (AvgIpc) is 2.69. The molecule has 0 bridgehead atoms. The van der Waals surface area contributed by atoms with Gasteiger partial charge in [-0.1, -0.05) is 45.4 Å². The molecule has 21 heavy (non-hydrogen) atoms. The van der Waals surface area contributed by atoms with E-state index >= 15 is 0 Å². The van der Waals surface area contributed by atoms with Crippen LogP contribution in [0.3, 0.4) is 0 Å². The summed E-state index contributed by atoms with van der Waals surface area (Å²) < 4.78 is 0. The maximum atomic E-state index is 6.34. The van der Waals surface area contributed by atoms with E-state index in [2.05, 4.69) is 11.8 Å². The topological polar surface area (TPSA) is 41.6 Å². The van der Waals surface area contributed by atoms with E-state index in [9.17, 15) is 0 Å². The van der Waals surface area contributed by atoms with Crippen LogP contribution in [0.15, 0.2) is 4.99 Å². The summed E-state index contributed by atoms with van der Waals surface area (Å²) in [7, 11) is 0. The molecule has 0 radical (unpaired) electrons. The summed E-state index contributed by atoms with van der Waals surface area (Å²) in [5.74, 6) is 1.81. The Morgan fingerprint density at radius 1 is 1.10 bits per heavy atom. The van der Waals surface area contributed by atoms with E-state index in [4.69, 9.17) is 10.7 Å². The van der Waals surface area contributed by atoms with E-state index in [-0.39, 0.29) is 0 Å². The van der Waals surface area contributed by atoms with Gasteiger partial charge in [0.1, 0.15) is 0 Å². The first-order valence-electron chi connectivity index (χ1n) is 9.34. The molecule has 2 aliphatic carbocycles. The Hall–Kier alpha value is -0.730. The van der Waals surface area contributed by atoms with Gasteiger partial charge in [-0.25, -0.2) is 0 Å². The van der Waals surface area contributed by atoms with Crippen molar-refractivity contribution in [1.82, 2.24) is 4.90 Å². The van der Waals surface area contributed by atoms with E-state index in [0.29, 0.717) is 11.6 Å². The van der Waals surface area contributed by atoms with Crippen molar-refractivity contribution in [3.05, 3.63) is 0 Å². The second kappa shape index (κ2) is 6.58. The van der Waals surface area contributed by atoms with Gasteiger partial charge in [0.25, 0.3) is 0 Å². The lowest BCUT2D eigenvalue weighted by molar-refractivity contribution is 0.0754. The van der Waals surface area contributed by atoms with Gasteiger partial charge in [0.05, 0.1) is 12.1 Å². The molecular formula is C18H33N3. The predicted octanol–water partition coefficient (Wildman–Crippen LogP) is 4.07. The van der Waals surface area contributed by atoms with Crippen molar-refractivity contribution < 1.29 is 0 Å². The lowest BCUT2D eigenvalue weighted by Gasteiger charge is -2.47. The molecule has 0 amide bonds. The fraction of sp³-hybridized carbons (Fsp3) is 0.944. The van der Waals surface area contributed by atoms with Gasteiger partial charge in [0.15, 0.2) is 5.96 Å². The van der Waals surface area contributed by atoms with E-state index in [0.717, 1.165) is 18.4 Å². The van der Waals surface area contributed by atoms with Crippen LogP contribution in [-0.2, 0) is 0 Å². The first kappa shape index (κ1) is 15.2. The first-order valence-corrected chi connectivity index (χ1v) is 9.34. The molecule has 3 heteroatoms. The minimum Gasteiger partial charge on any atom is -0.370 e. The zero-order valence-electron chi connectivity index (χ0n) is 13.8. The van der Waals surface area contributed by atoms with Crippen molar-refractivity contribution in [3.63, 3.8) is 0 Å². The van der Waals surface area contributed by atoms with E-state index in [1.54, 1.807) is 0 Å². The maximum absolute atomic E-state index is 6.34. The summed E-state index contributed by atoms with van der Waals surface area (Å²) in [4.78, 5) is 7.29. The van der Waals surface area contributed by atoms with Crippen molar-refractivity contribution >= 4 is 5.96 Å². The largest absolute Gasteiger partial charge is 0.370 e. The summed E-state index contributed by atoms with van der Waals surface area (Å²) in [5, 5.41) is 0. The van der Waals surface area contributed by atoms with Crippen LogP contribution in [0, 0.1) is 5.92 Å². The fourth-order valence-electron chi connectivity index (χ4n) is 5.02. The molecule has 1 heterocycles. The first-order chi connectivity index (χ1) is 10.2. The molecule has 3 rings (SSSR count). The van der Waals surface area contributed by atoms with Crippen LogP contribution >= 0.6 is 0 Å². The van der Waals surface area contributed by atoms with Crippen LogP contribution in [0.5, 0.6) is 0 Å². The van der Waals surface area contributed by atoms with Crippen LogP contribution in [0.1, 0.15) is 84.0 Å². The van der Waals surface area contributed by atoms with Crippen molar-refractivity contribution in [2.24, 2.45) is 16.6 Å². The quantitative estimate of drug-likeness (QED) is 0.796. The summed E-state index contributed by atoms with van der Waals surface area (Å²) in [6.07, 6.45) is 16.4. The van der Waals surface area contributed by atoms with E-state index in [1.807, 2.05) is 0 Å². The number of guanidine groups is 1. The second-order valence-electron chi connectivity index (χ2n) is 7.65. The molecule has 2 saturated carbocycles. The minimum atomic E-state index is 0.295. The third-order valence-corrected chi connectivity index (χ3v) is 6.22. The van der Waals surface area contributed by atoms with Crippen LogP contribution in [0.2, 0.25) is 0 Å². The zero-order valence-corrected chi connectivity index (χ0v) is 13.8. The highest BCUT2D eigenvalue weighted by Gasteiger charge is 2.47. The Bertz CT molecular complexity index is 361. The number of nitrogens with zero attached hydrogens (tertiary/aromatic N) is 2. The third-order valence-electron chi connectivity index (χ3n) is 6.22. The number of aliphatic imine (C=N–C) groups is 1. The highest BCUT2D eigenvalue weighted by atomic mass is 15.4. The molecule has 120 valence electrons. The van der Waals surface area contributed by atoms with Crippen LogP contribution in [-0.4, -0.2) is 29.0 Å². The van der Waals surface area contributed by atoms with Gasteiger partial charge < -0.3 is 10.6 Å². The molecule has 0 saturated heterocycles. The molecule has 0 aromatic rings. The van der Waals surface area contributed by atoms with Crippen molar-refractivity contribution in [2.45, 2.75) is 95.6 Å². The van der Waals surface area contributed by atoms with Crippen molar-refractivity contribution in [3.8, 4) is 0 Å². The van der Waals surface area contributed by atoms with Crippen molar-refractivity contribution in [1.29, 1.82) is 0 Å². The molecule has 0 atom stereocenters. The zero-order chi connectivity index (χ0) is 14.7. The Morgan fingerprint density at radius 3 is 2.38 bits per heavy atom. The molecule has 0 unspecified atom stereocenters. The van der Waals surface area contributed by atoms with Crippen LogP contribution < -0.4 is 5.73 Å². The average molecular weight is 291 g/mol. The van der Waals surface area contributed by atoms with E-state index < -0.39 is 0 Å². The highest BCUT2D eigenvalue weighted by molar-refractivity contribution is 5.81. The highest BCUT2D eigenvalue weighted by Crippen LogP contribution is 2.43. The standard InChI is InChI=1S/C18H33N3/c1-2-7-15-10-12-18(13-11-15)14-20-17(19)21(18)16-8-5-3-4-6-9-16/h15-16H,2-14H2,1H3,(H2,19,20). The summed E-state index contributed by atoms with van der Waals surface area (Å²) >= 11 is 0. The molecular weight excluding hydrogens is 258 g/mol. The predicted molar refractivity (Wildman–Crippen MR) is 89.4 cm³/mol. The number of rotatable bonds is 3.